The lowest BCUT2D eigenvalue weighted by molar-refractivity contribution is -0.0582. The fraction of sp³-hybridized carbons (Fsp3) is 0.333. The van der Waals surface area contributed by atoms with Crippen LogP contribution >= 0.6 is 0 Å². The Morgan fingerprint density at radius 1 is 1.29 bits per heavy atom. The van der Waals surface area contributed by atoms with Gasteiger partial charge in [-0.1, -0.05) is 56.2 Å². The highest BCUT2D eigenvalue weighted by molar-refractivity contribution is 5.75. The van der Waals surface area contributed by atoms with Crippen LogP contribution in [-0.4, -0.2) is 34.9 Å². The van der Waals surface area contributed by atoms with E-state index in [9.17, 15) is 5.11 Å². The maximum absolute atomic E-state index is 10.8. The molecule has 1 aromatic rings. The van der Waals surface area contributed by atoms with Gasteiger partial charge in [0.15, 0.2) is 0 Å². The summed E-state index contributed by atoms with van der Waals surface area (Å²) in [7, 11) is 1.90. The number of nitrogens with zero attached hydrogens (tertiary/aromatic N) is 2. The minimum absolute atomic E-state index is 0.678. The van der Waals surface area contributed by atoms with Crippen molar-refractivity contribution in [3.8, 4) is 5.75 Å². The van der Waals surface area contributed by atoms with Crippen LogP contribution in [0.25, 0.3) is 5.57 Å². The first-order valence-corrected chi connectivity index (χ1v) is 11.1. The molecule has 0 aromatic heterocycles. The van der Waals surface area contributed by atoms with Crippen LogP contribution in [0.4, 0.5) is 0 Å². The first-order valence-electron chi connectivity index (χ1n) is 11.1. The average molecular weight is 419 g/mol. The second kappa shape index (κ2) is 11.4. The van der Waals surface area contributed by atoms with Crippen molar-refractivity contribution in [2.45, 2.75) is 39.0 Å². The minimum Gasteiger partial charge on any atom is -0.457 e. The molecule has 31 heavy (non-hydrogen) atoms. The van der Waals surface area contributed by atoms with E-state index < -0.39 is 6.35 Å². The lowest BCUT2D eigenvalue weighted by Gasteiger charge is -2.34. The van der Waals surface area contributed by atoms with Crippen molar-refractivity contribution in [1.82, 2.24) is 9.80 Å². The number of benzene rings is 1. The highest BCUT2D eigenvalue weighted by atomic mass is 16.5. The molecule has 4 heteroatoms. The Balaban J connectivity index is 1.78. The van der Waals surface area contributed by atoms with E-state index in [1.165, 1.54) is 19.3 Å². The number of aliphatic hydroxyl groups is 1. The van der Waals surface area contributed by atoms with Gasteiger partial charge in [0.1, 0.15) is 11.5 Å². The van der Waals surface area contributed by atoms with Gasteiger partial charge in [0.05, 0.1) is 0 Å². The summed E-state index contributed by atoms with van der Waals surface area (Å²) < 4.78 is 6.01. The zero-order chi connectivity index (χ0) is 22.1. The summed E-state index contributed by atoms with van der Waals surface area (Å²) in [6.45, 7) is 6.56. The van der Waals surface area contributed by atoms with Crippen molar-refractivity contribution in [2.24, 2.45) is 5.92 Å². The highest BCUT2D eigenvalue weighted by Gasteiger charge is 2.21. The fourth-order valence-corrected chi connectivity index (χ4v) is 3.67. The summed E-state index contributed by atoms with van der Waals surface area (Å²) in [4.78, 5) is 3.84. The Morgan fingerprint density at radius 2 is 2.13 bits per heavy atom. The van der Waals surface area contributed by atoms with E-state index in [1.54, 1.807) is 6.08 Å². The van der Waals surface area contributed by atoms with E-state index in [0.717, 1.165) is 41.5 Å². The third kappa shape index (κ3) is 6.50. The highest BCUT2D eigenvalue weighted by Crippen LogP contribution is 2.30. The Morgan fingerprint density at radius 3 is 2.84 bits per heavy atom. The first kappa shape index (κ1) is 22.7. The summed E-state index contributed by atoms with van der Waals surface area (Å²) in [6, 6.07) is 8.01. The largest absolute Gasteiger partial charge is 0.457 e. The monoisotopic (exact) mass is 418 g/mol. The van der Waals surface area contributed by atoms with Gasteiger partial charge in [-0.25, -0.2) is 0 Å². The topological polar surface area (TPSA) is 35.9 Å². The third-order valence-corrected chi connectivity index (χ3v) is 5.74. The first-order chi connectivity index (χ1) is 15.1. The van der Waals surface area contributed by atoms with Gasteiger partial charge in [0, 0.05) is 26.0 Å². The molecule has 1 atom stereocenters. The Hall–Kier alpha value is -2.98. The second-order valence-electron chi connectivity index (χ2n) is 8.05. The molecule has 1 saturated carbocycles. The summed E-state index contributed by atoms with van der Waals surface area (Å²) in [5, 5.41) is 10.8. The van der Waals surface area contributed by atoms with Crippen molar-refractivity contribution >= 4 is 5.57 Å². The van der Waals surface area contributed by atoms with Crippen molar-refractivity contribution in [1.29, 1.82) is 0 Å². The van der Waals surface area contributed by atoms with E-state index in [2.05, 4.69) is 18.7 Å². The van der Waals surface area contributed by atoms with Crippen molar-refractivity contribution in [3.05, 3.63) is 97.1 Å². The van der Waals surface area contributed by atoms with Gasteiger partial charge < -0.3 is 19.6 Å². The number of hydrogen-bond donors (Lipinski definition) is 1. The molecule has 1 heterocycles. The summed E-state index contributed by atoms with van der Waals surface area (Å²) in [6.07, 6.45) is 21.9. The van der Waals surface area contributed by atoms with Gasteiger partial charge in [0.25, 0.3) is 0 Å². The number of ether oxygens (including phenoxy) is 1. The minimum atomic E-state index is -0.678. The molecule has 3 rings (SSSR count). The van der Waals surface area contributed by atoms with Gasteiger partial charge in [-0.05, 0) is 66.8 Å². The Kier molecular flexibility index (Phi) is 8.36. The molecule has 1 unspecified atom stereocenters. The Bertz CT molecular complexity index is 890. The van der Waals surface area contributed by atoms with Crippen LogP contribution in [0.5, 0.6) is 5.75 Å². The van der Waals surface area contributed by atoms with Crippen molar-refractivity contribution in [2.75, 3.05) is 13.6 Å². The molecule has 1 aliphatic carbocycles. The van der Waals surface area contributed by atoms with Crippen LogP contribution in [0.15, 0.2) is 91.5 Å². The van der Waals surface area contributed by atoms with Crippen LogP contribution in [0.1, 0.15) is 38.2 Å². The zero-order valence-electron chi connectivity index (χ0n) is 18.7. The standard InChI is InChI=1S/C27H34N2O2/c1-4-9-25(10-5-2)31-26-15-7-13-24(21-26)23-14-8-18-29(20-16-22-11-6-12-22)27(30)28(3)19-17-23/h4-5,7-10,13-15,17-19,21-22,27,30H,1,6,11-12,16,20H2,2-3H3/b10-5-,18-8+,19-17+,23-14+,25-9+. The summed E-state index contributed by atoms with van der Waals surface area (Å²) in [5.74, 6) is 2.31. The molecule has 1 aliphatic heterocycles. The maximum Gasteiger partial charge on any atom is 0.206 e. The molecule has 2 aliphatic rings. The molecule has 0 bridgehead atoms. The molecule has 1 N–H and O–H groups in total. The fourth-order valence-electron chi connectivity index (χ4n) is 3.67. The van der Waals surface area contributed by atoms with Crippen LogP contribution < -0.4 is 4.74 Å². The smallest absolute Gasteiger partial charge is 0.206 e. The van der Waals surface area contributed by atoms with E-state index in [1.807, 2.05) is 84.8 Å². The van der Waals surface area contributed by atoms with Crippen molar-refractivity contribution in [3.63, 3.8) is 0 Å². The molecular weight excluding hydrogens is 384 g/mol. The van der Waals surface area contributed by atoms with Crippen molar-refractivity contribution < 1.29 is 9.84 Å². The van der Waals surface area contributed by atoms with Gasteiger partial charge in [-0.15, -0.1) is 0 Å². The number of allylic oxidation sites excluding steroid dienone is 8. The average Bonchev–Trinajstić information content (AvgIpc) is 2.79. The number of hydrogen-bond acceptors (Lipinski definition) is 4. The molecule has 4 nitrogen and oxygen atoms in total. The van der Waals surface area contributed by atoms with E-state index in [4.69, 9.17) is 4.74 Å². The zero-order valence-corrected chi connectivity index (χ0v) is 18.7. The van der Waals surface area contributed by atoms with E-state index >= 15 is 0 Å². The predicted molar refractivity (Wildman–Crippen MR) is 129 cm³/mol. The second-order valence-corrected chi connectivity index (χ2v) is 8.05. The van der Waals surface area contributed by atoms with Crippen LogP contribution in [-0.2, 0) is 0 Å². The van der Waals surface area contributed by atoms with E-state index in [-0.39, 0.29) is 0 Å². The van der Waals surface area contributed by atoms with Gasteiger partial charge in [0.2, 0.25) is 6.35 Å². The van der Waals surface area contributed by atoms with Gasteiger partial charge in [-0.2, -0.15) is 0 Å². The molecular formula is C27H34N2O2. The van der Waals surface area contributed by atoms with Gasteiger partial charge in [-0.3, -0.25) is 0 Å². The van der Waals surface area contributed by atoms with Crippen LogP contribution in [0.2, 0.25) is 0 Å². The maximum atomic E-state index is 10.8. The Labute approximate surface area is 186 Å². The van der Waals surface area contributed by atoms with Crippen LogP contribution in [0.3, 0.4) is 0 Å². The predicted octanol–water partition coefficient (Wildman–Crippen LogP) is 5.84. The molecule has 0 radical (unpaired) electrons. The number of aliphatic hydroxyl groups excluding tert-OH is 1. The lowest BCUT2D eigenvalue weighted by atomic mass is 9.83. The molecule has 0 amide bonds. The third-order valence-electron chi connectivity index (χ3n) is 5.74. The SMILES string of the molecule is C=C/C=C(\C=C/C)Oc1cccc(C2=C/C=C/N(CCC3CCC3)C(O)N(C)\C=C\2)c1. The summed E-state index contributed by atoms with van der Waals surface area (Å²) in [5.41, 5.74) is 2.09. The van der Waals surface area contributed by atoms with Gasteiger partial charge >= 0.3 is 0 Å². The summed E-state index contributed by atoms with van der Waals surface area (Å²) >= 11 is 0. The molecule has 1 aromatic carbocycles. The molecule has 0 saturated heterocycles. The molecule has 0 spiro atoms. The molecule has 164 valence electrons. The van der Waals surface area contributed by atoms with Crippen LogP contribution in [0, 0.1) is 5.92 Å². The number of rotatable bonds is 8. The quantitative estimate of drug-likeness (QED) is 0.425. The lowest BCUT2D eigenvalue weighted by Crippen LogP contribution is -2.42. The van der Waals surface area contributed by atoms with E-state index in [0.29, 0.717) is 0 Å². The normalized spacial score (nSPS) is 23.9. The molecule has 1 fully saturated rings.